The van der Waals surface area contributed by atoms with Crippen molar-refractivity contribution in [3.8, 4) is 11.8 Å². The number of nitrogens with zero attached hydrogens (tertiary/aromatic N) is 6. The standard InChI is InChI=1S/C36H41ClN8O4/c1-35(2)33(36(3,4)34(35)49-25-9-8-23(20-38)26(37)19-25)45(28-11-13-30(46)40-32(28)48)24-7-5-6-22(18-24)21-43-14-16-44(17-15-43)29-12-10-27(31(39)47)41-42-29/h5-10,12,18-19,28,33-34H,11,13-17,21H2,1-4H3,(H2,39,47)(H,40,46,48). The van der Waals surface area contributed by atoms with E-state index >= 15 is 0 Å². The van der Waals surface area contributed by atoms with E-state index < -0.39 is 22.8 Å². The van der Waals surface area contributed by atoms with Crippen molar-refractivity contribution in [2.75, 3.05) is 36.0 Å². The quantitative estimate of drug-likeness (QED) is 0.317. The van der Waals surface area contributed by atoms with Crippen molar-refractivity contribution in [2.45, 2.75) is 65.3 Å². The Kier molecular flexibility index (Phi) is 9.26. The third-order valence-electron chi connectivity index (χ3n) is 10.1. The number of primary amides is 1. The van der Waals surface area contributed by atoms with Gasteiger partial charge in [-0.3, -0.25) is 24.6 Å². The van der Waals surface area contributed by atoms with Crippen LogP contribution in [0, 0.1) is 22.2 Å². The molecule has 2 aromatic carbocycles. The summed E-state index contributed by atoms with van der Waals surface area (Å²) in [6, 6.07) is 18.2. The highest BCUT2D eigenvalue weighted by atomic mass is 35.5. The van der Waals surface area contributed by atoms with Crippen LogP contribution >= 0.6 is 11.6 Å². The SMILES string of the molecule is CC1(C)C(Oc2ccc(C#N)c(Cl)c2)C(C)(C)C1N(c1cccc(CN2CCN(c3ccc(C(N)=O)nn3)CC2)c1)C1CCC(=O)NC1=O. The Morgan fingerprint density at radius 3 is 2.41 bits per heavy atom. The van der Waals surface area contributed by atoms with Gasteiger partial charge in [0.2, 0.25) is 11.8 Å². The van der Waals surface area contributed by atoms with Gasteiger partial charge in [0.1, 0.15) is 24.0 Å². The Morgan fingerprint density at radius 1 is 1.06 bits per heavy atom. The van der Waals surface area contributed by atoms with Crippen LogP contribution in [0.5, 0.6) is 5.75 Å². The smallest absolute Gasteiger partial charge is 0.269 e. The summed E-state index contributed by atoms with van der Waals surface area (Å²) in [5.41, 5.74) is 7.02. The van der Waals surface area contributed by atoms with E-state index in [0.29, 0.717) is 28.6 Å². The predicted molar refractivity (Wildman–Crippen MR) is 185 cm³/mol. The maximum absolute atomic E-state index is 13.5. The Morgan fingerprint density at radius 2 is 1.80 bits per heavy atom. The number of benzene rings is 2. The number of piperidine rings is 1. The van der Waals surface area contributed by atoms with Gasteiger partial charge in [0.25, 0.3) is 5.91 Å². The van der Waals surface area contributed by atoms with Crippen molar-refractivity contribution in [2.24, 2.45) is 16.6 Å². The predicted octanol–water partition coefficient (Wildman–Crippen LogP) is 3.92. The van der Waals surface area contributed by atoms with Crippen molar-refractivity contribution < 1.29 is 19.1 Å². The molecule has 3 fully saturated rings. The molecule has 12 nitrogen and oxygen atoms in total. The number of amides is 3. The van der Waals surface area contributed by atoms with E-state index in [1.165, 1.54) is 0 Å². The molecular formula is C36H41ClN8O4. The zero-order chi connectivity index (χ0) is 35.1. The molecule has 1 aliphatic carbocycles. The van der Waals surface area contributed by atoms with Crippen LogP contribution in [-0.2, 0) is 16.1 Å². The summed E-state index contributed by atoms with van der Waals surface area (Å²) in [5, 5.41) is 20.3. The van der Waals surface area contributed by atoms with Crippen molar-refractivity contribution in [3.05, 3.63) is 76.4 Å². The molecule has 1 unspecified atom stereocenters. The number of hydrogen-bond acceptors (Lipinski definition) is 10. The van der Waals surface area contributed by atoms with Gasteiger partial charge in [-0.2, -0.15) is 5.26 Å². The third-order valence-corrected chi connectivity index (χ3v) is 10.4. The first-order chi connectivity index (χ1) is 23.3. The maximum Gasteiger partial charge on any atom is 0.269 e. The van der Waals surface area contributed by atoms with Gasteiger partial charge < -0.3 is 20.3 Å². The summed E-state index contributed by atoms with van der Waals surface area (Å²) in [4.78, 5) is 43.8. The molecule has 0 spiro atoms. The molecule has 3 amide bonds. The summed E-state index contributed by atoms with van der Waals surface area (Å²) < 4.78 is 6.58. The zero-order valence-electron chi connectivity index (χ0n) is 28.1. The van der Waals surface area contributed by atoms with E-state index in [2.05, 4.69) is 76.1 Å². The van der Waals surface area contributed by atoms with Crippen molar-refractivity contribution in [3.63, 3.8) is 0 Å². The Bertz CT molecular complexity index is 1780. The van der Waals surface area contributed by atoms with Gasteiger partial charge in [-0.15, -0.1) is 10.2 Å². The molecule has 1 aromatic heterocycles. The number of aromatic nitrogens is 2. The van der Waals surface area contributed by atoms with Crippen LogP contribution in [-0.4, -0.2) is 77.2 Å². The third kappa shape index (κ3) is 6.65. The van der Waals surface area contributed by atoms with Crippen LogP contribution in [0.15, 0.2) is 54.6 Å². The van der Waals surface area contributed by atoms with Gasteiger partial charge >= 0.3 is 0 Å². The Balaban J connectivity index is 1.22. The summed E-state index contributed by atoms with van der Waals surface area (Å²) in [7, 11) is 0. The molecule has 2 saturated heterocycles. The summed E-state index contributed by atoms with van der Waals surface area (Å²) in [6.45, 7) is 12.4. The van der Waals surface area contributed by atoms with Gasteiger partial charge in [-0.25, -0.2) is 0 Å². The Labute approximate surface area is 291 Å². The second kappa shape index (κ2) is 13.3. The zero-order valence-corrected chi connectivity index (χ0v) is 28.9. The molecule has 6 rings (SSSR count). The number of piperazine rings is 1. The molecule has 49 heavy (non-hydrogen) atoms. The summed E-state index contributed by atoms with van der Waals surface area (Å²) in [5.74, 6) is 0.141. The molecular weight excluding hydrogens is 644 g/mol. The highest BCUT2D eigenvalue weighted by molar-refractivity contribution is 6.31. The van der Waals surface area contributed by atoms with Crippen LogP contribution in [0.1, 0.15) is 62.2 Å². The number of nitrogens with one attached hydrogen (secondary N) is 1. The van der Waals surface area contributed by atoms with Gasteiger partial charge in [-0.1, -0.05) is 51.4 Å². The number of nitrogens with two attached hydrogens (primary N) is 1. The lowest BCUT2D eigenvalue weighted by molar-refractivity contribution is -0.162. The Hall–Kier alpha value is -4.73. The van der Waals surface area contributed by atoms with E-state index in [4.69, 9.17) is 22.1 Å². The lowest BCUT2D eigenvalue weighted by Gasteiger charge is -2.67. The van der Waals surface area contributed by atoms with Gasteiger partial charge in [-0.05, 0) is 48.4 Å². The van der Waals surface area contributed by atoms with Crippen molar-refractivity contribution in [1.82, 2.24) is 20.4 Å². The number of hydrogen-bond donors (Lipinski definition) is 2. The average Bonchev–Trinajstić information content (AvgIpc) is 3.06. The number of carbonyl (C=O) groups excluding carboxylic acids is 3. The summed E-state index contributed by atoms with van der Waals surface area (Å²) in [6.07, 6.45) is 0.449. The fourth-order valence-electron chi connectivity index (χ4n) is 8.22. The number of ether oxygens (including phenoxy) is 1. The molecule has 1 saturated carbocycles. The van der Waals surface area contributed by atoms with Crippen LogP contribution < -0.4 is 25.6 Å². The monoisotopic (exact) mass is 684 g/mol. The van der Waals surface area contributed by atoms with Gasteiger partial charge in [0, 0.05) is 67.8 Å². The first kappa shape index (κ1) is 34.1. The van der Waals surface area contributed by atoms with E-state index in [9.17, 15) is 19.6 Å². The highest BCUT2D eigenvalue weighted by Crippen LogP contribution is 2.59. The second-order valence-corrected chi connectivity index (χ2v) is 14.7. The normalized spacial score (nSPS) is 23.2. The fraction of sp³-hybridized carbons (Fsp3) is 0.444. The number of carbonyl (C=O) groups is 3. The molecule has 1 atom stereocenters. The van der Waals surface area contributed by atoms with Crippen LogP contribution in [0.4, 0.5) is 11.5 Å². The molecule has 3 N–H and O–H groups in total. The highest BCUT2D eigenvalue weighted by Gasteiger charge is 2.67. The van der Waals surface area contributed by atoms with Crippen LogP contribution in [0.2, 0.25) is 5.02 Å². The molecule has 0 radical (unpaired) electrons. The molecule has 3 heterocycles. The first-order valence-corrected chi connectivity index (χ1v) is 16.9. The minimum absolute atomic E-state index is 0.122. The van der Waals surface area contributed by atoms with Crippen LogP contribution in [0.25, 0.3) is 0 Å². The first-order valence-electron chi connectivity index (χ1n) is 16.5. The number of rotatable bonds is 9. The number of nitriles is 1. The maximum atomic E-state index is 13.5. The van der Waals surface area contributed by atoms with E-state index in [-0.39, 0.29) is 36.1 Å². The molecule has 13 heteroatoms. The number of imide groups is 1. The fourth-order valence-corrected chi connectivity index (χ4v) is 8.43. The van der Waals surface area contributed by atoms with E-state index in [1.54, 1.807) is 30.3 Å². The number of anilines is 2. The van der Waals surface area contributed by atoms with E-state index in [1.807, 2.05) is 12.1 Å². The van der Waals surface area contributed by atoms with Gasteiger partial charge in [0.05, 0.1) is 10.6 Å². The minimum Gasteiger partial charge on any atom is -0.489 e. The topological polar surface area (TPSA) is 158 Å². The van der Waals surface area contributed by atoms with Crippen LogP contribution in [0.3, 0.4) is 0 Å². The van der Waals surface area contributed by atoms with Crippen molar-refractivity contribution >= 4 is 40.8 Å². The second-order valence-electron chi connectivity index (χ2n) is 14.2. The largest absolute Gasteiger partial charge is 0.489 e. The molecule has 256 valence electrons. The van der Waals surface area contributed by atoms with E-state index in [0.717, 1.165) is 44.0 Å². The lowest BCUT2D eigenvalue weighted by atomic mass is 9.48. The average molecular weight is 685 g/mol. The summed E-state index contributed by atoms with van der Waals surface area (Å²) >= 11 is 6.33. The lowest BCUT2D eigenvalue weighted by Crippen LogP contribution is -2.77. The van der Waals surface area contributed by atoms with Gasteiger partial charge in [0.15, 0.2) is 11.5 Å². The number of halogens is 1. The van der Waals surface area contributed by atoms with Crippen molar-refractivity contribution in [1.29, 1.82) is 5.26 Å². The molecule has 3 aliphatic rings. The molecule has 3 aromatic rings. The minimum atomic E-state index is -0.603. The molecule has 0 bridgehead atoms. The molecule has 2 aliphatic heterocycles.